The molecule has 0 spiro atoms. The smallest absolute Gasteiger partial charge is 0.407 e. The van der Waals surface area contributed by atoms with Gasteiger partial charge in [0.1, 0.15) is 41.1 Å². The molecule has 2 unspecified atom stereocenters. The normalized spacial score (nSPS) is 20.7. The van der Waals surface area contributed by atoms with Crippen LogP contribution in [0.2, 0.25) is 0 Å². The molecule has 7 heterocycles. The summed E-state index contributed by atoms with van der Waals surface area (Å²) in [6.07, 6.45) is 4.73. The van der Waals surface area contributed by atoms with E-state index in [4.69, 9.17) is 19.4 Å². The number of aromatic nitrogens is 6. The van der Waals surface area contributed by atoms with Crippen LogP contribution in [0.15, 0.2) is 54.9 Å². The van der Waals surface area contributed by atoms with Crippen LogP contribution >= 0.6 is 0 Å². The summed E-state index contributed by atoms with van der Waals surface area (Å²) < 4.78 is 77.1. The second-order valence-electron chi connectivity index (χ2n) is 20.9. The lowest BCUT2D eigenvalue weighted by Crippen LogP contribution is -2.51. The summed E-state index contributed by atoms with van der Waals surface area (Å²) in [7, 11) is 2.45. The van der Waals surface area contributed by atoms with E-state index in [0.29, 0.717) is 91.5 Å². The third kappa shape index (κ3) is 10.2. The Morgan fingerprint density at radius 1 is 0.584 bits per heavy atom. The zero-order valence-electron chi connectivity index (χ0n) is 43.8. The highest BCUT2D eigenvalue weighted by atomic mass is 19.1. The van der Waals surface area contributed by atoms with E-state index >= 15 is 17.6 Å². The summed E-state index contributed by atoms with van der Waals surface area (Å²) in [6.45, 7) is 9.47. The molecule has 4 aliphatic rings. The Bertz CT molecular complexity index is 3010. The molecule has 3 aromatic heterocycles. The van der Waals surface area contributed by atoms with E-state index in [1.807, 2.05) is 32.6 Å². The Morgan fingerprint density at radius 3 is 1.45 bits per heavy atom. The molecule has 6 aromatic rings. The van der Waals surface area contributed by atoms with Crippen LogP contribution in [0.4, 0.5) is 44.5 Å². The highest BCUT2D eigenvalue weighted by molar-refractivity contribution is 5.88. The van der Waals surface area contributed by atoms with Gasteiger partial charge in [0.2, 0.25) is 17.8 Å². The van der Waals surface area contributed by atoms with E-state index < -0.39 is 71.7 Å². The molecule has 0 radical (unpaired) electrons. The fourth-order valence-electron chi connectivity index (χ4n) is 11.7. The number of carbonyl (C=O) groups excluding carboxylic acids is 4. The largest absolute Gasteiger partial charge is 0.453 e. The van der Waals surface area contributed by atoms with Gasteiger partial charge < -0.3 is 54.6 Å². The molecular weight excluding hydrogens is 1000 g/mol. The van der Waals surface area contributed by atoms with Gasteiger partial charge in [-0.2, -0.15) is 0 Å². The number of imidazole rings is 2. The predicted octanol–water partition coefficient (Wildman–Crippen LogP) is 8.28. The van der Waals surface area contributed by atoms with Crippen molar-refractivity contribution in [3.63, 3.8) is 0 Å². The van der Waals surface area contributed by atoms with E-state index in [0.717, 1.165) is 0 Å². The number of anilines is 3. The van der Waals surface area contributed by atoms with Crippen LogP contribution in [0, 0.1) is 35.1 Å². The standard InChI is InChI=1S/C54H63F4N13O6/c1-28(2)45(65-53(74)76-5)50(72)69-16-7-10-43(69)48-61-37-24-31(33(55)26-39(37)63-48)41-12-13-42(71(41)30-22-35(57)47(36(58)23-30)67-18-20-68(21-19-67)52-59-14-9-15-60-52)32-25-38-40(27-34(32)56)64-49(62-38)44-11-8-17-70(44)51(73)46(29(3)4)66-54(75)77-6/h9,14-15,22-29,41-46H,7-8,10-13,16-21H2,1-6H3,(H,61,63)(H,62,64)(H,65,74)(H,66,75)/t41-,42-,43?,44?,45+,46+/m1/s1. The van der Waals surface area contributed by atoms with Gasteiger partial charge >= 0.3 is 12.2 Å². The Morgan fingerprint density at radius 2 is 1.03 bits per heavy atom. The van der Waals surface area contributed by atoms with Crippen molar-refractivity contribution in [3.05, 3.63) is 101 Å². The molecule has 3 aromatic carbocycles. The third-order valence-corrected chi connectivity index (χ3v) is 15.6. The number of piperazine rings is 1. The van der Waals surface area contributed by atoms with Gasteiger partial charge in [0.25, 0.3) is 0 Å². The first-order valence-corrected chi connectivity index (χ1v) is 26.3. The zero-order chi connectivity index (χ0) is 54.4. The molecule has 0 bridgehead atoms. The number of benzene rings is 3. The Hall–Kier alpha value is -7.72. The van der Waals surface area contributed by atoms with Crippen molar-refractivity contribution in [2.75, 3.05) is 68.2 Å². The number of alkyl carbamates (subject to hydrolysis) is 2. The number of hydrogen-bond acceptors (Lipinski definition) is 13. The average Bonchev–Trinajstić information content (AvgIpc) is 4.31. The number of nitrogens with zero attached hydrogens (tertiary/aromatic N) is 9. The van der Waals surface area contributed by atoms with Gasteiger partial charge in [-0.3, -0.25) is 9.59 Å². The van der Waals surface area contributed by atoms with E-state index in [2.05, 4.69) is 30.6 Å². The maximum absolute atomic E-state index is 17.0. The van der Waals surface area contributed by atoms with Crippen molar-refractivity contribution in [3.8, 4) is 0 Å². The average molecular weight is 1070 g/mol. The van der Waals surface area contributed by atoms with Gasteiger partial charge in [-0.05, 0) is 92.8 Å². The second kappa shape index (κ2) is 21.7. The molecule has 408 valence electrons. The van der Waals surface area contributed by atoms with Crippen LogP contribution in [0.3, 0.4) is 0 Å². The van der Waals surface area contributed by atoms with Gasteiger partial charge in [-0.1, -0.05) is 27.7 Å². The molecule has 6 atom stereocenters. The zero-order valence-corrected chi connectivity index (χ0v) is 43.8. The van der Waals surface area contributed by atoms with E-state index in [-0.39, 0.29) is 72.1 Å². The fraction of sp³-hybridized carbons (Fsp3) is 0.481. The summed E-state index contributed by atoms with van der Waals surface area (Å²) in [5.41, 5.74) is 1.68. The molecule has 4 amide bonds. The molecule has 4 aliphatic heterocycles. The molecule has 19 nitrogen and oxygen atoms in total. The van der Waals surface area contributed by atoms with Crippen molar-refractivity contribution in [1.29, 1.82) is 0 Å². The van der Waals surface area contributed by atoms with E-state index in [1.165, 1.54) is 38.5 Å². The summed E-state index contributed by atoms with van der Waals surface area (Å²) in [6, 6.07) is 5.48. The second-order valence-corrected chi connectivity index (χ2v) is 20.9. The monoisotopic (exact) mass is 1070 g/mol. The van der Waals surface area contributed by atoms with Crippen molar-refractivity contribution in [2.45, 2.75) is 102 Å². The van der Waals surface area contributed by atoms with Crippen LogP contribution in [0.25, 0.3) is 22.1 Å². The molecule has 23 heteroatoms. The van der Waals surface area contributed by atoms with Gasteiger partial charge in [0.05, 0.1) is 60.5 Å². The number of hydrogen-bond donors (Lipinski definition) is 4. The quantitative estimate of drug-likeness (QED) is 0.0804. The lowest BCUT2D eigenvalue weighted by molar-refractivity contribution is -0.136. The van der Waals surface area contributed by atoms with Crippen LogP contribution in [0.5, 0.6) is 0 Å². The number of carbonyl (C=O) groups is 4. The number of methoxy groups -OCH3 is 2. The number of rotatable bonds is 13. The van der Waals surface area contributed by atoms with Crippen molar-refractivity contribution < 1.29 is 46.2 Å². The molecule has 0 saturated carbocycles. The highest BCUT2D eigenvalue weighted by Gasteiger charge is 2.42. The maximum atomic E-state index is 17.0. The Balaban J connectivity index is 0.994. The van der Waals surface area contributed by atoms with E-state index in [9.17, 15) is 19.2 Å². The van der Waals surface area contributed by atoms with E-state index in [1.54, 1.807) is 50.2 Å². The number of ether oxygens (including phenoxy) is 2. The number of H-pyrrole nitrogens is 2. The third-order valence-electron chi connectivity index (χ3n) is 15.6. The molecule has 10 rings (SSSR count). The minimum absolute atomic E-state index is 0.0674. The summed E-state index contributed by atoms with van der Waals surface area (Å²) >= 11 is 0. The van der Waals surface area contributed by atoms with Gasteiger partial charge in [0, 0.05) is 68.5 Å². The maximum Gasteiger partial charge on any atom is 0.407 e. The summed E-state index contributed by atoms with van der Waals surface area (Å²) in [5, 5.41) is 5.30. The number of likely N-dealkylation sites (tertiary alicyclic amines) is 2. The summed E-state index contributed by atoms with van der Waals surface area (Å²) in [4.78, 5) is 85.8. The first kappa shape index (κ1) is 52.7. The lowest BCUT2D eigenvalue weighted by Gasteiger charge is -2.37. The van der Waals surface area contributed by atoms with Gasteiger partial charge in [-0.25, -0.2) is 47.1 Å². The molecule has 4 fully saturated rings. The van der Waals surface area contributed by atoms with Crippen LogP contribution in [0.1, 0.15) is 113 Å². The minimum atomic E-state index is -0.875. The first-order valence-electron chi connectivity index (χ1n) is 26.3. The first-order chi connectivity index (χ1) is 37.0. The number of nitrogens with one attached hydrogen (secondary N) is 4. The van der Waals surface area contributed by atoms with Gasteiger partial charge in [0.15, 0.2) is 11.6 Å². The van der Waals surface area contributed by atoms with Crippen LogP contribution in [-0.4, -0.2) is 129 Å². The summed E-state index contributed by atoms with van der Waals surface area (Å²) in [5.74, 6) is -2.71. The van der Waals surface area contributed by atoms with Crippen LogP contribution in [-0.2, 0) is 19.1 Å². The van der Waals surface area contributed by atoms with Crippen molar-refractivity contribution in [2.24, 2.45) is 11.8 Å². The Kier molecular flexibility index (Phi) is 14.9. The number of aromatic amines is 2. The molecule has 0 aliphatic carbocycles. The van der Waals surface area contributed by atoms with Crippen molar-refractivity contribution in [1.82, 2.24) is 50.3 Å². The Labute approximate surface area is 442 Å². The van der Waals surface area contributed by atoms with Gasteiger partial charge in [-0.15, -0.1) is 0 Å². The lowest BCUT2D eigenvalue weighted by atomic mass is 10.0. The number of amides is 4. The molecule has 4 saturated heterocycles. The van der Waals surface area contributed by atoms with Crippen molar-refractivity contribution >= 4 is 63.4 Å². The number of fused-ring (bicyclic) bond motifs is 2. The fourth-order valence-corrected chi connectivity index (χ4v) is 11.7. The highest BCUT2D eigenvalue weighted by Crippen LogP contribution is 2.50. The molecular formula is C54H63F4N13O6. The minimum Gasteiger partial charge on any atom is -0.453 e. The molecule has 77 heavy (non-hydrogen) atoms. The number of halogens is 4. The SMILES string of the molecule is COC(=O)N[C@H](C(=O)N1CCCC1c1nc2cc([C@H]3CC[C@H](c4cc5nc(C6CCCN6C(=O)[C@@H](NC(=O)OC)C(C)C)[nH]c5cc4F)N3c3cc(F)c(N4CCN(c5ncccn5)CC4)c(F)c3)c(F)cc2[nH]1)C(C)C. The topological polar surface area (TPSA) is 210 Å². The molecule has 4 N–H and O–H groups in total. The predicted molar refractivity (Wildman–Crippen MR) is 278 cm³/mol. The van der Waals surface area contributed by atoms with Crippen LogP contribution < -0.4 is 25.3 Å².